The molecule has 0 aliphatic rings. The summed E-state index contributed by atoms with van der Waals surface area (Å²) in [7, 11) is 0. The number of benzene rings is 1. The van der Waals surface area contributed by atoms with Crippen LogP contribution in [0.5, 0.6) is 0 Å². The molecule has 0 saturated heterocycles. The topological polar surface area (TPSA) is 131 Å². The van der Waals surface area contributed by atoms with Gasteiger partial charge in [0.05, 0.1) is 6.42 Å². The number of nitrogens with one attached hydrogen (secondary N) is 2. The summed E-state index contributed by atoms with van der Waals surface area (Å²) in [5.74, 6) is -1.59. The predicted octanol–water partition coefficient (Wildman–Crippen LogP) is 5.22. The number of alkyl carbamates (subject to hydrolysis) is 1. The molecule has 0 spiro atoms. The van der Waals surface area contributed by atoms with Gasteiger partial charge in [-0.15, -0.1) is 0 Å². The lowest BCUT2D eigenvalue weighted by atomic mass is 9.95. The van der Waals surface area contributed by atoms with Crippen molar-refractivity contribution in [3.63, 3.8) is 0 Å². The van der Waals surface area contributed by atoms with E-state index in [0.29, 0.717) is 18.5 Å². The average Bonchev–Trinajstić information content (AvgIpc) is 2.85. The predicted molar refractivity (Wildman–Crippen MR) is 159 cm³/mol. The number of primary amides is 1. The maximum absolute atomic E-state index is 14.2. The lowest BCUT2D eigenvalue weighted by Gasteiger charge is -2.35. The van der Waals surface area contributed by atoms with E-state index in [-0.39, 0.29) is 12.5 Å². The smallest absolute Gasteiger partial charge is 0.408 e. The lowest BCUT2D eigenvalue weighted by Crippen LogP contribution is -2.54. The molecular formula is C31H52N4O5. The third-order valence-corrected chi connectivity index (χ3v) is 6.55. The molecular weight excluding hydrogens is 508 g/mol. The molecule has 226 valence electrons. The Balaban J connectivity index is 3.50. The summed E-state index contributed by atoms with van der Waals surface area (Å²) in [6.45, 7) is 13.9. The summed E-state index contributed by atoms with van der Waals surface area (Å²) in [6, 6.07) is 3.61. The number of nitrogens with zero attached hydrogens (tertiary/aromatic N) is 1. The summed E-state index contributed by atoms with van der Waals surface area (Å²) in [5.41, 5.74) is 7.23. The number of rotatable bonds is 17. The molecule has 9 nitrogen and oxygen atoms in total. The van der Waals surface area contributed by atoms with Gasteiger partial charge in [0.2, 0.25) is 17.7 Å². The minimum Gasteiger partial charge on any atom is -0.444 e. The number of aryl methyl sites for hydroxylation is 2. The van der Waals surface area contributed by atoms with E-state index in [1.54, 1.807) is 20.8 Å². The molecule has 0 aliphatic carbocycles. The fourth-order valence-corrected chi connectivity index (χ4v) is 4.47. The summed E-state index contributed by atoms with van der Waals surface area (Å²) in [6.07, 6.45) is 6.44. The van der Waals surface area contributed by atoms with Crippen LogP contribution in [-0.4, -0.2) is 53.4 Å². The van der Waals surface area contributed by atoms with Crippen LogP contribution in [0.2, 0.25) is 0 Å². The molecule has 0 saturated carbocycles. The molecule has 4 N–H and O–H groups in total. The Kier molecular flexibility index (Phi) is 15.3. The van der Waals surface area contributed by atoms with Crippen molar-refractivity contribution in [1.29, 1.82) is 0 Å². The van der Waals surface area contributed by atoms with Gasteiger partial charge >= 0.3 is 6.09 Å². The summed E-state index contributed by atoms with van der Waals surface area (Å²) < 4.78 is 5.36. The average molecular weight is 561 g/mol. The van der Waals surface area contributed by atoms with Crippen LogP contribution >= 0.6 is 0 Å². The van der Waals surface area contributed by atoms with Gasteiger partial charge in [-0.2, -0.15) is 0 Å². The fourth-order valence-electron chi connectivity index (χ4n) is 4.47. The van der Waals surface area contributed by atoms with Crippen molar-refractivity contribution in [2.75, 3.05) is 13.1 Å². The van der Waals surface area contributed by atoms with Crippen molar-refractivity contribution in [3.05, 3.63) is 34.9 Å². The largest absolute Gasteiger partial charge is 0.444 e. The Morgan fingerprint density at radius 3 is 2.17 bits per heavy atom. The zero-order valence-corrected chi connectivity index (χ0v) is 25.7. The van der Waals surface area contributed by atoms with E-state index in [9.17, 15) is 19.2 Å². The number of nitrogens with two attached hydrogens (primary N) is 1. The number of carbonyl (C=O) groups excluding carboxylic acids is 4. The number of ether oxygens (including phenoxy) is 1. The molecule has 1 rings (SSSR count). The highest BCUT2D eigenvalue weighted by Gasteiger charge is 2.37. The number of amides is 4. The molecule has 2 atom stereocenters. The molecule has 0 heterocycles. The van der Waals surface area contributed by atoms with Gasteiger partial charge in [0.15, 0.2) is 0 Å². The first-order chi connectivity index (χ1) is 18.8. The van der Waals surface area contributed by atoms with Crippen LogP contribution in [0, 0.1) is 13.8 Å². The van der Waals surface area contributed by atoms with E-state index < -0.39 is 42.0 Å². The van der Waals surface area contributed by atoms with Gasteiger partial charge in [-0.1, -0.05) is 76.1 Å². The van der Waals surface area contributed by atoms with Gasteiger partial charge in [0.25, 0.3) is 0 Å². The maximum atomic E-state index is 14.2. The fraction of sp³-hybridized carbons (Fsp3) is 0.677. The first kappa shape index (κ1) is 34.9. The minimum absolute atomic E-state index is 0.287. The monoisotopic (exact) mass is 560 g/mol. The van der Waals surface area contributed by atoms with E-state index in [1.165, 1.54) is 4.90 Å². The van der Waals surface area contributed by atoms with Crippen LogP contribution in [0.15, 0.2) is 18.2 Å². The zero-order valence-electron chi connectivity index (χ0n) is 25.7. The van der Waals surface area contributed by atoms with E-state index in [4.69, 9.17) is 10.5 Å². The van der Waals surface area contributed by atoms with E-state index in [2.05, 4.69) is 17.6 Å². The van der Waals surface area contributed by atoms with E-state index in [0.717, 1.165) is 56.1 Å². The van der Waals surface area contributed by atoms with Crippen LogP contribution in [0.3, 0.4) is 0 Å². The quantitative estimate of drug-likeness (QED) is 0.225. The highest BCUT2D eigenvalue weighted by atomic mass is 16.6. The Morgan fingerprint density at radius 1 is 0.950 bits per heavy atom. The third-order valence-electron chi connectivity index (χ3n) is 6.55. The molecule has 4 amide bonds. The van der Waals surface area contributed by atoms with Gasteiger partial charge in [0.1, 0.15) is 17.7 Å². The number of unbranched alkanes of at least 4 members (excludes halogenated alkanes) is 6. The van der Waals surface area contributed by atoms with Gasteiger partial charge in [0, 0.05) is 13.1 Å². The van der Waals surface area contributed by atoms with Crippen LogP contribution in [0.1, 0.15) is 115 Å². The first-order valence-electron chi connectivity index (χ1n) is 14.7. The van der Waals surface area contributed by atoms with E-state index in [1.807, 2.05) is 39.0 Å². The third kappa shape index (κ3) is 12.8. The molecule has 1 aromatic carbocycles. The summed E-state index contributed by atoms with van der Waals surface area (Å²) in [4.78, 5) is 54.1. The zero-order chi connectivity index (χ0) is 30.3. The maximum Gasteiger partial charge on any atom is 0.408 e. The molecule has 2 unspecified atom stereocenters. The molecule has 1 aromatic rings. The standard InChI is InChI=1S/C31H52N4O5/c1-8-10-12-13-14-15-19-35(29(38)25(21-26(32)36)34-30(39)40-31(5,6)7)27(28(37)33-18-11-9-2)24-20-22(3)16-17-23(24)4/h16-17,20,25,27H,8-15,18-19,21H2,1-7H3,(H2,32,36)(H,33,37)(H,34,39). The Bertz CT molecular complexity index is 973. The Morgan fingerprint density at radius 2 is 1.57 bits per heavy atom. The second-order valence-corrected chi connectivity index (χ2v) is 11.6. The lowest BCUT2D eigenvalue weighted by molar-refractivity contribution is -0.143. The van der Waals surface area contributed by atoms with Crippen molar-refractivity contribution in [2.24, 2.45) is 5.73 Å². The highest BCUT2D eigenvalue weighted by molar-refractivity contribution is 5.94. The van der Waals surface area contributed by atoms with Crippen molar-refractivity contribution in [1.82, 2.24) is 15.5 Å². The number of hydrogen-bond donors (Lipinski definition) is 3. The Hall–Kier alpha value is -3.10. The Labute approximate surface area is 241 Å². The van der Waals surface area contributed by atoms with Crippen molar-refractivity contribution >= 4 is 23.8 Å². The summed E-state index contributed by atoms with van der Waals surface area (Å²) >= 11 is 0. The molecule has 0 bridgehead atoms. The van der Waals surface area contributed by atoms with Gasteiger partial charge in [-0.3, -0.25) is 14.4 Å². The van der Waals surface area contributed by atoms with Crippen molar-refractivity contribution in [2.45, 2.75) is 124 Å². The SMILES string of the molecule is CCCCCCCCN(C(=O)C(CC(N)=O)NC(=O)OC(C)(C)C)C(C(=O)NCCCC)c1cc(C)ccc1C. The normalized spacial score (nSPS) is 12.8. The molecule has 40 heavy (non-hydrogen) atoms. The molecule has 9 heteroatoms. The molecule has 0 aromatic heterocycles. The highest BCUT2D eigenvalue weighted by Crippen LogP contribution is 2.28. The van der Waals surface area contributed by atoms with E-state index >= 15 is 0 Å². The summed E-state index contributed by atoms with van der Waals surface area (Å²) in [5, 5.41) is 5.54. The van der Waals surface area contributed by atoms with Gasteiger partial charge in [-0.25, -0.2) is 4.79 Å². The molecule has 0 radical (unpaired) electrons. The molecule has 0 aliphatic heterocycles. The number of hydrogen-bond acceptors (Lipinski definition) is 5. The first-order valence-corrected chi connectivity index (χ1v) is 14.7. The number of carbonyl (C=O) groups is 4. The van der Waals surface area contributed by atoms with Crippen LogP contribution in [0.4, 0.5) is 4.79 Å². The van der Waals surface area contributed by atoms with Gasteiger partial charge in [-0.05, 0) is 58.6 Å². The minimum atomic E-state index is -1.27. The van der Waals surface area contributed by atoms with Crippen LogP contribution < -0.4 is 16.4 Å². The molecule has 0 fully saturated rings. The van der Waals surface area contributed by atoms with Gasteiger partial charge < -0.3 is 26.0 Å². The van der Waals surface area contributed by atoms with Crippen LogP contribution in [-0.2, 0) is 19.1 Å². The second-order valence-electron chi connectivity index (χ2n) is 11.6. The van der Waals surface area contributed by atoms with Crippen molar-refractivity contribution in [3.8, 4) is 0 Å². The second kappa shape index (κ2) is 17.6. The van der Waals surface area contributed by atoms with Crippen molar-refractivity contribution < 1.29 is 23.9 Å². The van der Waals surface area contributed by atoms with Crippen LogP contribution in [0.25, 0.3) is 0 Å².